The molecule has 0 radical (unpaired) electrons. The summed E-state index contributed by atoms with van der Waals surface area (Å²) in [6.07, 6.45) is 1.03. The molecule has 0 amide bonds. The number of nitrogens with one attached hydrogen (secondary N) is 2. The van der Waals surface area contributed by atoms with Crippen molar-refractivity contribution in [2.45, 2.75) is 26.8 Å². The van der Waals surface area contributed by atoms with Gasteiger partial charge < -0.3 is 10.6 Å². The second-order valence-electron chi connectivity index (χ2n) is 4.88. The molecule has 1 aromatic carbocycles. The van der Waals surface area contributed by atoms with Crippen LogP contribution in [0.25, 0.3) is 0 Å². The van der Waals surface area contributed by atoms with Crippen LogP contribution in [0.3, 0.4) is 0 Å². The molecule has 3 nitrogen and oxygen atoms in total. The van der Waals surface area contributed by atoms with Gasteiger partial charge in [-0.3, -0.25) is 0 Å². The van der Waals surface area contributed by atoms with Crippen LogP contribution in [0, 0.1) is 6.92 Å². The third kappa shape index (κ3) is 5.23. The van der Waals surface area contributed by atoms with Gasteiger partial charge in [0.05, 0.1) is 6.54 Å². The summed E-state index contributed by atoms with van der Waals surface area (Å²) in [6, 6.07) is 12.7. The van der Waals surface area contributed by atoms with Gasteiger partial charge in [-0.25, -0.2) is 4.99 Å². The molecule has 2 aromatic rings. The largest absolute Gasteiger partial charge is 0.357 e. The van der Waals surface area contributed by atoms with Gasteiger partial charge in [0.1, 0.15) is 0 Å². The highest BCUT2D eigenvalue weighted by Gasteiger charge is 2.00. The highest BCUT2D eigenvalue weighted by atomic mass is 32.1. The third-order valence-electron chi connectivity index (χ3n) is 3.26. The monoisotopic (exact) mass is 301 g/mol. The maximum absolute atomic E-state index is 4.66. The van der Waals surface area contributed by atoms with E-state index >= 15 is 0 Å². The standard InChI is InChI=1S/C17H23N3S/c1-3-18-17(19-11-10-16-9-6-12-21-16)20-13-15-8-5-4-7-14(15)2/h4-9,12H,3,10-11,13H2,1-2H3,(H2,18,19,20). The van der Waals surface area contributed by atoms with E-state index in [1.807, 2.05) is 0 Å². The van der Waals surface area contributed by atoms with E-state index in [2.05, 4.69) is 71.3 Å². The lowest BCUT2D eigenvalue weighted by Crippen LogP contribution is -2.38. The highest BCUT2D eigenvalue weighted by Crippen LogP contribution is 2.09. The molecule has 0 unspecified atom stereocenters. The van der Waals surface area contributed by atoms with Crippen LogP contribution in [0.4, 0.5) is 0 Å². The van der Waals surface area contributed by atoms with E-state index in [1.165, 1.54) is 16.0 Å². The Labute approximate surface area is 131 Å². The molecule has 0 aliphatic rings. The van der Waals surface area contributed by atoms with Gasteiger partial charge in [0, 0.05) is 18.0 Å². The Morgan fingerprint density at radius 3 is 2.71 bits per heavy atom. The van der Waals surface area contributed by atoms with Crippen molar-refractivity contribution in [2.75, 3.05) is 13.1 Å². The van der Waals surface area contributed by atoms with E-state index in [-0.39, 0.29) is 0 Å². The molecule has 1 heterocycles. The van der Waals surface area contributed by atoms with Crippen LogP contribution in [0.2, 0.25) is 0 Å². The van der Waals surface area contributed by atoms with Gasteiger partial charge in [0.2, 0.25) is 0 Å². The molecule has 0 atom stereocenters. The molecular formula is C17H23N3S. The lowest BCUT2D eigenvalue weighted by Gasteiger charge is -2.11. The topological polar surface area (TPSA) is 36.4 Å². The Hall–Kier alpha value is -1.81. The van der Waals surface area contributed by atoms with E-state index in [9.17, 15) is 0 Å². The molecular weight excluding hydrogens is 278 g/mol. The predicted molar refractivity (Wildman–Crippen MR) is 92.0 cm³/mol. The van der Waals surface area contributed by atoms with Gasteiger partial charge in [-0.15, -0.1) is 11.3 Å². The molecule has 0 spiro atoms. The van der Waals surface area contributed by atoms with Gasteiger partial charge >= 0.3 is 0 Å². The molecule has 112 valence electrons. The van der Waals surface area contributed by atoms with Crippen LogP contribution in [0.5, 0.6) is 0 Å². The first kappa shape index (κ1) is 15.6. The Morgan fingerprint density at radius 1 is 1.14 bits per heavy atom. The second kappa shape index (κ2) is 8.47. The van der Waals surface area contributed by atoms with Crippen molar-refractivity contribution in [3.05, 3.63) is 57.8 Å². The number of hydrogen-bond donors (Lipinski definition) is 2. The molecule has 2 N–H and O–H groups in total. The molecule has 0 saturated heterocycles. The van der Waals surface area contributed by atoms with Gasteiger partial charge in [-0.2, -0.15) is 0 Å². The number of thiophene rings is 1. The van der Waals surface area contributed by atoms with Crippen molar-refractivity contribution < 1.29 is 0 Å². The number of nitrogens with zero attached hydrogens (tertiary/aromatic N) is 1. The Morgan fingerprint density at radius 2 is 2.00 bits per heavy atom. The minimum atomic E-state index is 0.709. The molecule has 0 bridgehead atoms. The number of aryl methyl sites for hydroxylation is 1. The summed E-state index contributed by atoms with van der Waals surface area (Å²) in [4.78, 5) is 6.06. The molecule has 4 heteroatoms. The number of rotatable bonds is 6. The molecule has 0 aliphatic carbocycles. The fraction of sp³-hybridized carbons (Fsp3) is 0.353. The maximum atomic E-state index is 4.66. The van der Waals surface area contributed by atoms with E-state index in [4.69, 9.17) is 0 Å². The smallest absolute Gasteiger partial charge is 0.191 e. The van der Waals surface area contributed by atoms with Gasteiger partial charge in [-0.05, 0) is 42.8 Å². The molecule has 2 rings (SSSR count). The van der Waals surface area contributed by atoms with Crippen LogP contribution in [0.15, 0.2) is 46.8 Å². The molecule has 1 aromatic heterocycles. The molecule has 21 heavy (non-hydrogen) atoms. The van der Waals surface area contributed by atoms with Crippen LogP contribution in [-0.2, 0) is 13.0 Å². The Kier molecular flexibility index (Phi) is 6.28. The third-order valence-corrected chi connectivity index (χ3v) is 4.19. The normalized spacial score (nSPS) is 11.4. The van der Waals surface area contributed by atoms with Crippen molar-refractivity contribution in [1.29, 1.82) is 0 Å². The van der Waals surface area contributed by atoms with Crippen molar-refractivity contribution in [2.24, 2.45) is 4.99 Å². The van der Waals surface area contributed by atoms with Gasteiger partial charge in [-0.1, -0.05) is 30.3 Å². The summed E-state index contributed by atoms with van der Waals surface area (Å²) in [5, 5.41) is 8.81. The number of guanidine groups is 1. The van der Waals surface area contributed by atoms with Crippen LogP contribution < -0.4 is 10.6 Å². The molecule has 0 fully saturated rings. The lowest BCUT2D eigenvalue weighted by molar-refractivity contribution is 0.804. The van der Waals surface area contributed by atoms with E-state index in [0.29, 0.717) is 6.54 Å². The van der Waals surface area contributed by atoms with Crippen molar-refractivity contribution in [3.63, 3.8) is 0 Å². The van der Waals surface area contributed by atoms with Crippen molar-refractivity contribution in [1.82, 2.24) is 10.6 Å². The fourth-order valence-electron chi connectivity index (χ4n) is 2.05. The van der Waals surface area contributed by atoms with Crippen molar-refractivity contribution in [3.8, 4) is 0 Å². The SMILES string of the molecule is CCNC(=NCc1ccccc1C)NCCc1cccs1. The zero-order chi connectivity index (χ0) is 14.9. The maximum Gasteiger partial charge on any atom is 0.191 e. The zero-order valence-electron chi connectivity index (χ0n) is 12.7. The van der Waals surface area contributed by atoms with Gasteiger partial charge in [0.25, 0.3) is 0 Å². The summed E-state index contributed by atoms with van der Waals surface area (Å²) >= 11 is 1.80. The number of benzene rings is 1. The van der Waals surface area contributed by atoms with Crippen LogP contribution in [-0.4, -0.2) is 19.0 Å². The fourth-order valence-corrected chi connectivity index (χ4v) is 2.76. The summed E-state index contributed by atoms with van der Waals surface area (Å²) < 4.78 is 0. The zero-order valence-corrected chi connectivity index (χ0v) is 13.5. The summed E-state index contributed by atoms with van der Waals surface area (Å²) in [5.74, 6) is 0.886. The average Bonchev–Trinajstić information content (AvgIpc) is 2.99. The van der Waals surface area contributed by atoms with E-state index in [1.54, 1.807) is 11.3 Å². The number of aliphatic imine (C=N–C) groups is 1. The minimum Gasteiger partial charge on any atom is -0.357 e. The minimum absolute atomic E-state index is 0.709. The van der Waals surface area contributed by atoms with Gasteiger partial charge in [0.15, 0.2) is 5.96 Å². The van der Waals surface area contributed by atoms with Crippen LogP contribution >= 0.6 is 11.3 Å². The Balaban J connectivity index is 1.88. The first-order valence-corrected chi connectivity index (χ1v) is 8.26. The first-order chi connectivity index (χ1) is 10.3. The summed E-state index contributed by atoms with van der Waals surface area (Å²) in [5.41, 5.74) is 2.56. The average molecular weight is 301 g/mol. The number of hydrogen-bond acceptors (Lipinski definition) is 2. The Bertz CT molecular complexity index is 561. The quantitative estimate of drug-likeness (QED) is 0.634. The highest BCUT2D eigenvalue weighted by molar-refractivity contribution is 7.09. The summed E-state index contributed by atoms with van der Waals surface area (Å²) in [6.45, 7) is 6.70. The predicted octanol–water partition coefficient (Wildman–Crippen LogP) is 3.35. The molecule has 0 saturated carbocycles. The summed E-state index contributed by atoms with van der Waals surface area (Å²) in [7, 11) is 0. The van der Waals surface area contributed by atoms with Crippen LogP contribution in [0.1, 0.15) is 22.9 Å². The molecule has 0 aliphatic heterocycles. The van der Waals surface area contributed by atoms with E-state index < -0.39 is 0 Å². The van der Waals surface area contributed by atoms with E-state index in [0.717, 1.165) is 25.5 Å². The first-order valence-electron chi connectivity index (χ1n) is 7.38. The van der Waals surface area contributed by atoms with Crippen molar-refractivity contribution >= 4 is 17.3 Å². The lowest BCUT2D eigenvalue weighted by atomic mass is 10.1. The second-order valence-corrected chi connectivity index (χ2v) is 5.91.